The first-order valence-corrected chi connectivity index (χ1v) is 12.8. The Kier molecular flexibility index (Phi) is 9.36. The van der Waals surface area contributed by atoms with E-state index in [2.05, 4.69) is 20.3 Å². The molecule has 11 heteroatoms. The molecule has 1 aliphatic carbocycles. The molecule has 2 aromatic rings. The molecule has 3 rings (SSSR count). The van der Waals surface area contributed by atoms with Gasteiger partial charge in [0.2, 0.25) is 12.3 Å². The van der Waals surface area contributed by atoms with Crippen LogP contribution in [0, 0.1) is 17.7 Å². The summed E-state index contributed by atoms with van der Waals surface area (Å²) in [7, 11) is 0. The summed E-state index contributed by atoms with van der Waals surface area (Å²) in [6.45, 7) is -0.175. The predicted octanol–water partition coefficient (Wildman–Crippen LogP) is 3.24. The Morgan fingerprint density at radius 1 is 1.38 bits per heavy atom. The number of rotatable bonds is 12. The normalized spacial score (nSPS) is 15.0. The molecule has 2 N–H and O–H groups in total. The molecule has 0 radical (unpaired) electrons. The Balaban J connectivity index is 1.67. The van der Waals surface area contributed by atoms with E-state index in [4.69, 9.17) is 0 Å². The van der Waals surface area contributed by atoms with Crippen molar-refractivity contribution < 1.29 is 19.2 Å². The van der Waals surface area contributed by atoms with Crippen molar-refractivity contribution in [2.24, 2.45) is 11.8 Å². The zero-order valence-electron chi connectivity index (χ0n) is 18.0. The molecular formula is C21H28FN5O3S2. The number of thioether (sulfide) groups is 1. The first-order chi connectivity index (χ1) is 15.5. The number of carbonyl (C=O) groups excluding carboxylic acids is 2. The van der Waals surface area contributed by atoms with Gasteiger partial charge >= 0.3 is 0 Å². The average Bonchev–Trinajstić information content (AvgIpc) is 3.51. The van der Waals surface area contributed by atoms with E-state index >= 15 is 4.39 Å². The van der Waals surface area contributed by atoms with Crippen LogP contribution in [0.3, 0.4) is 0 Å². The fourth-order valence-electron chi connectivity index (χ4n) is 3.99. The third kappa shape index (κ3) is 6.94. The van der Waals surface area contributed by atoms with Crippen LogP contribution < -0.4 is 5.32 Å². The number of amides is 2. The van der Waals surface area contributed by atoms with Gasteiger partial charge in [-0.1, -0.05) is 37.4 Å². The zero-order chi connectivity index (χ0) is 22.9. The van der Waals surface area contributed by atoms with Crippen LogP contribution in [-0.4, -0.2) is 50.3 Å². The summed E-state index contributed by atoms with van der Waals surface area (Å²) in [5, 5.41) is 16.1. The third-order valence-corrected chi connectivity index (χ3v) is 7.02. The molecule has 1 aliphatic rings. The van der Waals surface area contributed by atoms with Gasteiger partial charge in [0.05, 0.1) is 29.7 Å². The molecule has 0 unspecified atom stereocenters. The summed E-state index contributed by atoms with van der Waals surface area (Å²) in [5.74, 6) is -1.03. The van der Waals surface area contributed by atoms with E-state index in [0.29, 0.717) is 47.5 Å². The summed E-state index contributed by atoms with van der Waals surface area (Å²) in [6.07, 6.45) is 9.69. The lowest BCUT2D eigenvalue weighted by Gasteiger charge is -2.22. The lowest BCUT2D eigenvalue weighted by Crippen LogP contribution is -2.38. The van der Waals surface area contributed by atoms with Crippen molar-refractivity contribution in [3.8, 4) is 0 Å². The maximum absolute atomic E-state index is 15.1. The Labute approximate surface area is 195 Å². The SMILES string of the molecule is CSc1nc(CCc2nccs2)c(F)c(CNC(=O)[C@H](CC2CCCC2)CN(O)C=O)n1. The molecule has 0 saturated heterocycles. The van der Waals surface area contributed by atoms with Gasteiger partial charge in [0, 0.05) is 18.0 Å². The van der Waals surface area contributed by atoms with Crippen LogP contribution in [0.1, 0.15) is 48.5 Å². The number of hydrogen-bond donors (Lipinski definition) is 2. The summed E-state index contributed by atoms with van der Waals surface area (Å²) in [6, 6.07) is 0. The monoisotopic (exact) mass is 481 g/mol. The fraction of sp³-hybridized carbons (Fsp3) is 0.571. The molecule has 0 aromatic carbocycles. The third-order valence-electron chi connectivity index (χ3n) is 5.63. The molecule has 8 nitrogen and oxygen atoms in total. The fourth-order valence-corrected chi connectivity index (χ4v) is 5.02. The largest absolute Gasteiger partial charge is 0.350 e. The zero-order valence-corrected chi connectivity index (χ0v) is 19.6. The second-order valence-electron chi connectivity index (χ2n) is 7.87. The van der Waals surface area contributed by atoms with E-state index < -0.39 is 11.7 Å². The molecule has 2 heterocycles. The van der Waals surface area contributed by atoms with Crippen LogP contribution in [0.4, 0.5) is 4.39 Å². The lowest BCUT2D eigenvalue weighted by atomic mass is 9.92. The number of carbonyl (C=O) groups is 2. The van der Waals surface area contributed by atoms with Crippen molar-refractivity contribution in [2.75, 3.05) is 12.8 Å². The lowest BCUT2D eigenvalue weighted by molar-refractivity contribution is -0.155. The van der Waals surface area contributed by atoms with Crippen LogP contribution in [0.25, 0.3) is 0 Å². The highest BCUT2D eigenvalue weighted by Crippen LogP contribution is 2.30. The van der Waals surface area contributed by atoms with E-state index in [1.807, 2.05) is 11.6 Å². The summed E-state index contributed by atoms with van der Waals surface area (Å²) >= 11 is 2.82. The van der Waals surface area contributed by atoms with Gasteiger partial charge in [-0.2, -0.15) is 0 Å². The van der Waals surface area contributed by atoms with Gasteiger partial charge in [0.15, 0.2) is 11.0 Å². The van der Waals surface area contributed by atoms with E-state index in [1.165, 1.54) is 23.1 Å². The van der Waals surface area contributed by atoms with Gasteiger partial charge in [-0.15, -0.1) is 11.3 Å². The maximum atomic E-state index is 15.1. The van der Waals surface area contributed by atoms with Gasteiger partial charge < -0.3 is 5.32 Å². The number of aryl methyl sites for hydroxylation is 2. The first-order valence-electron chi connectivity index (χ1n) is 10.7. The number of thiazole rings is 1. The molecule has 1 fully saturated rings. The van der Waals surface area contributed by atoms with Crippen molar-refractivity contribution >= 4 is 35.4 Å². The predicted molar refractivity (Wildman–Crippen MR) is 120 cm³/mol. The minimum Gasteiger partial charge on any atom is -0.350 e. The van der Waals surface area contributed by atoms with E-state index in [0.717, 1.165) is 30.7 Å². The Morgan fingerprint density at radius 2 is 2.12 bits per heavy atom. The topological polar surface area (TPSA) is 108 Å². The van der Waals surface area contributed by atoms with Gasteiger partial charge in [0.25, 0.3) is 0 Å². The van der Waals surface area contributed by atoms with Crippen molar-refractivity contribution in [2.45, 2.75) is 56.6 Å². The minimum absolute atomic E-state index is 0.0846. The molecular weight excluding hydrogens is 453 g/mol. The Bertz CT molecular complexity index is 894. The minimum atomic E-state index is -0.567. The number of hydrogen-bond acceptors (Lipinski definition) is 8. The highest BCUT2D eigenvalue weighted by atomic mass is 32.2. The Morgan fingerprint density at radius 3 is 2.78 bits per heavy atom. The highest BCUT2D eigenvalue weighted by molar-refractivity contribution is 7.98. The van der Waals surface area contributed by atoms with Crippen LogP contribution in [0.2, 0.25) is 0 Å². The summed E-state index contributed by atoms with van der Waals surface area (Å²) in [5.41, 5.74) is 0.427. The number of aromatic nitrogens is 3. The van der Waals surface area contributed by atoms with E-state index in [1.54, 1.807) is 6.20 Å². The smallest absolute Gasteiger partial charge is 0.233 e. The number of nitrogens with zero attached hydrogens (tertiary/aromatic N) is 4. The summed E-state index contributed by atoms with van der Waals surface area (Å²) in [4.78, 5) is 36.4. The highest BCUT2D eigenvalue weighted by Gasteiger charge is 2.27. The molecule has 1 atom stereocenters. The van der Waals surface area contributed by atoms with Crippen molar-refractivity contribution in [1.82, 2.24) is 25.3 Å². The van der Waals surface area contributed by atoms with Crippen LogP contribution in [-0.2, 0) is 29.0 Å². The number of hydroxylamine groups is 2. The molecule has 2 aromatic heterocycles. The standard InChI is InChI=1S/C21H28FN5O3S2/c1-31-21-25-16(6-7-18-23-8-9-32-18)19(22)17(26-21)11-24-20(29)15(12-27(30)13-28)10-14-4-2-3-5-14/h8-9,13-15,30H,2-7,10-12H2,1H3,(H,24,29)/t15-/m1/s1. The molecule has 174 valence electrons. The maximum Gasteiger partial charge on any atom is 0.233 e. The number of nitrogens with one attached hydrogen (secondary N) is 1. The second kappa shape index (κ2) is 12.2. The van der Waals surface area contributed by atoms with Crippen LogP contribution in [0.5, 0.6) is 0 Å². The van der Waals surface area contributed by atoms with E-state index in [-0.39, 0.29) is 24.7 Å². The van der Waals surface area contributed by atoms with Gasteiger partial charge in [-0.05, 0) is 25.0 Å². The molecule has 32 heavy (non-hydrogen) atoms. The quantitative estimate of drug-likeness (QED) is 0.157. The van der Waals surface area contributed by atoms with Crippen molar-refractivity contribution in [3.05, 3.63) is 33.8 Å². The molecule has 0 bridgehead atoms. The summed E-state index contributed by atoms with van der Waals surface area (Å²) < 4.78 is 15.1. The molecule has 0 aliphatic heterocycles. The van der Waals surface area contributed by atoms with Crippen molar-refractivity contribution in [1.29, 1.82) is 0 Å². The first kappa shape index (κ1) is 24.5. The van der Waals surface area contributed by atoms with Gasteiger partial charge in [-0.25, -0.2) is 24.4 Å². The van der Waals surface area contributed by atoms with Crippen molar-refractivity contribution in [3.63, 3.8) is 0 Å². The van der Waals surface area contributed by atoms with Gasteiger partial charge in [0.1, 0.15) is 5.69 Å². The molecule has 1 saturated carbocycles. The van der Waals surface area contributed by atoms with Crippen LogP contribution >= 0.6 is 23.1 Å². The average molecular weight is 482 g/mol. The van der Waals surface area contributed by atoms with Crippen LogP contribution in [0.15, 0.2) is 16.7 Å². The van der Waals surface area contributed by atoms with E-state index in [9.17, 15) is 14.8 Å². The second-order valence-corrected chi connectivity index (χ2v) is 9.62. The molecule has 2 amide bonds. The Hall–Kier alpha value is -2.11. The molecule has 0 spiro atoms. The van der Waals surface area contributed by atoms with Gasteiger partial charge in [-0.3, -0.25) is 14.8 Å². The number of halogens is 1.